The van der Waals surface area contributed by atoms with Crippen molar-refractivity contribution in [3.63, 3.8) is 0 Å². The van der Waals surface area contributed by atoms with Gasteiger partial charge in [0.25, 0.3) is 0 Å². The average Bonchev–Trinajstić information content (AvgIpc) is 3.81. The molecule has 0 amide bonds. The molecule has 4 aromatic rings. The Hall–Kier alpha value is -5.52. The molecule has 0 aliphatic carbocycles. The second kappa shape index (κ2) is 18.9. The molecule has 300 valence electrons. The summed E-state index contributed by atoms with van der Waals surface area (Å²) in [6.07, 6.45) is 11.0. The minimum absolute atomic E-state index is 0.219. The quantitative estimate of drug-likeness (QED) is 0.0868. The summed E-state index contributed by atoms with van der Waals surface area (Å²) in [5.74, 6) is -1.06. The van der Waals surface area contributed by atoms with Crippen LogP contribution in [0.5, 0.6) is 0 Å². The maximum Gasteiger partial charge on any atom is 0.306 e. The molecule has 4 aromatic heterocycles. The molecule has 0 fully saturated rings. The summed E-state index contributed by atoms with van der Waals surface area (Å²) in [5, 5.41) is 3.42. The molecular formula is C44H56N4O8. The number of fused-ring (bicyclic) bond motifs is 8. The Bertz CT molecular complexity index is 2190. The molecule has 4 N–H and O–H groups in total. The second-order valence-electron chi connectivity index (χ2n) is 14.0. The normalized spacial score (nSPS) is 11.9. The standard InChI is InChI=1S/C44H56N4O8/c1-9-53-41(49)17-13-29-25(5)33-21-34-27(7)31(15-19-43(51)55-11-3)39(47-34)24-40-32(16-20-44(52)56-12-4)28(8)36(48-40)22-35-26(6)30(14-18-42(50)54-10-2)38(46-35)23-37(29)45-33/h21-24,45-48H,9-20H2,1-8H3. The number of rotatable bonds is 16. The molecule has 5 heterocycles. The van der Waals surface area contributed by atoms with Crippen LogP contribution in [0, 0.1) is 27.7 Å². The van der Waals surface area contributed by atoms with Gasteiger partial charge in [-0.05, 0) is 150 Å². The molecule has 1 aliphatic heterocycles. The van der Waals surface area contributed by atoms with Crippen LogP contribution >= 0.6 is 0 Å². The predicted octanol–water partition coefficient (Wildman–Crippen LogP) is 3.84. The summed E-state index contributed by atoms with van der Waals surface area (Å²) in [6, 6.07) is 0. The highest BCUT2D eigenvalue weighted by Gasteiger charge is 2.19. The van der Waals surface area contributed by atoms with Crippen molar-refractivity contribution in [2.24, 2.45) is 0 Å². The lowest BCUT2D eigenvalue weighted by molar-refractivity contribution is -0.144. The first kappa shape index (κ1) is 41.6. The zero-order valence-corrected chi connectivity index (χ0v) is 34.1. The lowest BCUT2D eigenvalue weighted by Gasteiger charge is -2.05. The van der Waals surface area contributed by atoms with E-state index in [0.717, 1.165) is 88.7 Å². The summed E-state index contributed by atoms with van der Waals surface area (Å²) >= 11 is 0. The van der Waals surface area contributed by atoms with E-state index in [-0.39, 0.29) is 49.6 Å². The molecule has 56 heavy (non-hydrogen) atoms. The molecule has 0 unspecified atom stereocenters. The van der Waals surface area contributed by atoms with E-state index < -0.39 is 0 Å². The molecule has 12 nitrogen and oxygen atoms in total. The molecule has 1 aliphatic rings. The van der Waals surface area contributed by atoms with Crippen molar-refractivity contribution in [1.82, 2.24) is 19.9 Å². The van der Waals surface area contributed by atoms with E-state index in [1.165, 1.54) is 0 Å². The van der Waals surface area contributed by atoms with Crippen molar-refractivity contribution >= 4 is 48.2 Å². The molecule has 0 saturated carbocycles. The Kier molecular flexibility index (Phi) is 14.0. The average molecular weight is 769 g/mol. The van der Waals surface area contributed by atoms with Crippen molar-refractivity contribution in [2.75, 3.05) is 26.4 Å². The van der Waals surface area contributed by atoms with Gasteiger partial charge in [0.15, 0.2) is 0 Å². The van der Waals surface area contributed by atoms with Gasteiger partial charge in [-0.25, -0.2) is 0 Å². The van der Waals surface area contributed by atoms with Gasteiger partial charge < -0.3 is 38.9 Å². The van der Waals surface area contributed by atoms with Crippen LogP contribution in [-0.4, -0.2) is 70.2 Å². The number of carbonyl (C=O) groups excluding carboxylic acids is 4. The van der Waals surface area contributed by atoms with Crippen LogP contribution in [0.25, 0.3) is 24.3 Å². The SMILES string of the molecule is CCOC(=O)CCc1c2[nH]c(c1C)C=c1[nH]c(c(CCC(=O)OCC)c1C)=Cc1[nH]c(c(C)c1CCC(=O)OCC)C=c1[nH]c(c(CCC(=O)OCC)c1C)=C2. The molecule has 8 bridgehead atoms. The van der Waals surface area contributed by atoms with Crippen LogP contribution in [-0.2, 0) is 63.8 Å². The number of nitrogens with one attached hydrogen (secondary N) is 4. The van der Waals surface area contributed by atoms with E-state index in [4.69, 9.17) is 18.9 Å². The van der Waals surface area contributed by atoms with E-state index in [9.17, 15) is 19.2 Å². The van der Waals surface area contributed by atoms with Crippen LogP contribution in [0.2, 0.25) is 0 Å². The predicted molar refractivity (Wildman–Crippen MR) is 215 cm³/mol. The highest BCUT2D eigenvalue weighted by atomic mass is 16.5. The molecule has 5 rings (SSSR count). The summed E-state index contributed by atoms with van der Waals surface area (Å²) in [7, 11) is 0. The van der Waals surface area contributed by atoms with Gasteiger partial charge in [-0.15, -0.1) is 0 Å². The van der Waals surface area contributed by atoms with Gasteiger partial charge in [-0.2, -0.15) is 0 Å². The number of hydrogen-bond donors (Lipinski definition) is 4. The lowest BCUT2D eigenvalue weighted by atomic mass is 10.0. The maximum atomic E-state index is 12.6. The van der Waals surface area contributed by atoms with Crippen LogP contribution in [0.4, 0.5) is 0 Å². The first-order valence-electron chi connectivity index (χ1n) is 19.8. The number of aromatic amines is 4. The fourth-order valence-corrected chi connectivity index (χ4v) is 7.49. The highest BCUT2D eigenvalue weighted by molar-refractivity contribution is 5.73. The van der Waals surface area contributed by atoms with Crippen LogP contribution in [0.15, 0.2) is 0 Å². The number of aromatic nitrogens is 4. The number of H-pyrrole nitrogens is 4. The van der Waals surface area contributed by atoms with Gasteiger partial charge in [0, 0.05) is 69.9 Å². The monoisotopic (exact) mass is 768 g/mol. The highest BCUT2D eigenvalue weighted by Crippen LogP contribution is 2.24. The number of ether oxygens (including phenoxy) is 4. The van der Waals surface area contributed by atoms with Crippen molar-refractivity contribution in [1.29, 1.82) is 0 Å². The van der Waals surface area contributed by atoms with Crippen molar-refractivity contribution in [3.8, 4) is 0 Å². The van der Waals surface area contributed by atoms with Gasteiger partial charge in [-0.1, -0.05) is 0 Å². The largest absolute Gasteiger partial charge is 0.466 e. The second-order valence-corrected chi connectivity index (χ2v) is 14.0. The summed E-state index contributed by atoms with van der Waals surface area (Å²) in [4.78, 5) is 64.9. The molecule has 0 saturated heterocycles. The molecule has 0 radical (unpaired) electrons. The third-order valence-electron chi connectivity index (χ3n) is 10.5. The zero-order valence-electron chi connectivity index (χ0n) is 34.1. The smallest absolute Gasteiger partial charge is 0.306 e. The number of hydrogen-bond acceptors (Lipinski definition) is 8. The van der Waals surface area contributed by atoms with Gasteiger partial charge >= 0.3 is 23.9 Å². The molecule has 0 spiro atoms. The van der Waals surface area contributed by atoms with Gasteiger partial charge in [-0.3, -0.25) is 19.2 Å². The molecule has 0 aromatic carbocycles. The van der Waals surface area contributed by atoms with E-state index in [1.807, 2.05) is 27.7 Å². The Morgan fingerprint density at radius 1 is 0.393 bits per heavy atom. The first-order valence-corrected chi connectivity index (χ1v) is 19.8. The molecular weight excluding hydrogens is 713 g/mol. The first-order chi connectivity index (χ1) is 26.9. The van der Waals surface area contributed by atoms with Gasteiger partial charge in [0.2, 0.25) is 0 Å². The fraction of sp³-hybridized carbons (Fsp3) is 0.455. The number of esters is 4. The molecule has 12 heteroatoms. The van der Waals surface area contributed by atoms with Crippen LogP contribution in [0.3, 0.4) is 0 Å². The molecule has 0 atom stereocenters. The Morgan fingerprint density at radius 3 is 0.982 bits per heavy atom. The van der Waals surface area contributed by atoms with Crippen LogP contribution < -0.4 is 21.4 Å². The van der Waals surface area contributed by atoms with E-state index >= 15 is 0 Å². The fourth-order valence-electron chi connectivity index (χ4n) is 7.49. The zero-order chi connectivity index (χ0) is 40.5. The summed E-state index contributed by atoms with van der Waals surface area (Å²) in [5.41, 5.74) is 11.3. The minimum Gasteiger partial charge on any atom is -0.466 e. The van der Waals surface area contributed by atoms with Crippen molar-refractivity contribution in [3.05, 3.63) is 88.7 Å². The Labute approximate surface area is 327 Å². The third-order valence-corrected chi connectivity index (χ3v) is 10.5. The van der Waals surface area contributed by atoms with Crippen molar-refractivity contribution < 1.29 is 38.1 Å². The third kappa shape index (κ3) is 9.64. The summed E-state index contributed by atoms with van der Waals surface area (Å²) in [6.45, 7) is 16.6. The van der Waals surface area contributed by atoms with E-state index in [0.29, 0.717) is 52.1 Å². The van der Waals surface area contributed by atoms with Crippen molar-refractivity contribution in [2.45, 2.75) is 107 Å². The minimum atomic E-state index is -0.264. The van der Waals surface area contributed by atoms with E-state index in [1.54, 1.807) is 27.7 Å². The van der Waals surface area contributed by atoms with Crippen LogP contribution in [0.1, 0.15) is 121 Å². The number of carbonyl (C=O) groups is 4. The van der Waals surface area contributed by atoms with Gasteiger partial charge in [0.05, 0.1) is 26.4 Å². The Balaban J connectivity index is 1.82. The topological polar surface area (TPSA) is 168 Å². The van der Waals surface area contributed by atoms with Gasteiger partial charge in [0.1, 0.15) is 0 Å². The maximum absolute atomic E-state index is 12.6. The van der Waals surface area contributed by atoms with E-state index in [2.05, 4.69) is 44.2 Å². The summed E-state index contributed by atoms with van der Waals surface area (Å²) < 4.78 is 21.1. The Morgan fingerprint density at radius 2 is 0.679 bits per heavy atom. The lowest BCUT2D eigenvalue weighted by Crippen LogP contribution is -2.15.